The van der Waals surface area contributed by atoms with Crippen LogP contribution < -0.4 is 0 Å². The van der Waals surface area contributed by atoms with Crippen LogP contribution in [0.25, 0.3) is 0 Å². The van der Waals surface area contributed by atoms with Crippen LogP contribution in [0.15, 0.2) is 48.5 Å². The van der Waals surface area contributed by atoms with Crippen LogP contribution in [0.5, 0.6) is 0 Å². The lowest BCUT2D eigenvalue weighted by Gasteiger charge is -2.09. The molecular formula is C17H18O5. The minimum atomic E-state index is -0.955. The van der Waals surface area contributed by atoms with E-state index in [1.807, 2.05) is 0 Å². The summed E-state index contributed by atoms with van der Waals surface area (Å²) in [5.41, 5.74) is 2.01. The molecular weight excluding hydrogens is 284 g/mol. The molecule has 0 bridgehead atoms. The highest BCUT2D eigenvalue weighted by Gasteiger charge is 2.12. The zero-order valence-electron chi connectivity index (χ0n) is 11.9. The van der Waals surface area contributed by atoms with Crippen LogP contribution in [0, 0.1) is 0 Å². The second-order valence-corrected chi connectivity index (χ2v) is 4.97. The first-order valence-electron chi connectivity index (χ1n) is 6.89. The number of hydrogen-bond donors (Lipinski definition) is 4. The van der Waals surface area contributed by atoms with Gasteiger partial charge in [0.1, 0.15) is 12.2 Å². The summed E-state index contributed by atoms with van der Waals surface area (Å²) < 4.78 is 0. The SMILES string of the molecule is O=C(c1ccc(C(O)CO)cc1)c1ccc(C(O)CO)cc1. The molecule has 0 spiro atoms. The lowest BCUT2D eigenvalue weighted by atomic mass is 9.99. The van der Waals surface area contributed by atoms with Crippen molar-refractivity contribution >= 4 is 5.78 Å². The van der Waals surface area contributed by atoms with Crippen molar-refractivity contribution in [2.24, 2.45) is 0 Å². The Balaban J connectivity index is 2.17. The maximum Gasteiger partial charge on any atom is 0.193 e. The summed E-state index contributed by atoms with van der Waals surface area (Å²) >= 11 is 0. The first-order valence-corrected chi connectivity index (χ1v) is 6.89. The van der Waals surface area contributed by atoms with E-state index in [1.54, 1.807) is 48.5 Å². The normalized spacial score (nSPS) is 13.6. The molecule has 0 aliphatic carbocycles. The Hall–Kier alpha value is -2.05. The summed E-state index contributed by atoms with van der Waals surface area (Å²) in [4.78, 5) is 12.3. The van der Waals surface area contributed by atoms with E-state index in [1.165, 1.54) is 0 Å². The number of carbonyl (C=O) groups is 1. The summed E-state index contributed by atoms with van der Waals surface area (Å²) in [5, 5.41) is 36.8. The third kappa shape index (κ3) is 3.58. The van der Waals surface area contributed by atoms with E-state index in [2.05, 4.69) is 0 Å². The van der Waals surface area contributed by atoms with E-state index in [0.717, 1.165) is 0 Å². The molecule has 0 heterocycles. The highest BCUT2D eigenvalue weighted by Crippen LogP contribution is 2.18. The lowest BCUT2D eigenvalue weighted by molar-refractivity contribution is 0.0953. The smallest absolute Gasteiger partial charge is 0.193 e. The second kappa shape index (κ2) is 7.29. The van der Waals surface area contributed by atoms with Crippen molar-refractivity contribution in [2.75, 3.05) is 13.2 Å². The zero-order chi connectivity index (χ0) is 16.1. The molecule has 2 unspecified atom stereocenters. The number of carbonyl (C=O) groups excluding carboxylic acids is 1. The fourth-order valence-electron chi connectivity index (χ4n) is 2.09. The number of rotatable bonds is 6. The van der Waals surface area contributed by atoms with Crippen LogP contribution in [0.1, 0.15) is 39.3 Å². The van der Waals surface area contributed by atoms with Crippen LogP contribution in [-0.2, 0) is 0 Å². The summed E-state index contributed by atoms with van der Waals surface area (Å²) in [6.45, 7) is -0.746. The largest absolute Gasteiger partial charge is 0.393 e. The molecule has 116 valence electrons. The molecule has 0 radical (unpaired) electrons. The third-order valence-corrected chi connectivity index (χ3v) is 3.46. The van der Waals surface area contributed by atoms with Gasteiger partial charge in [-0.1, -0.05) is 48.5 Å². The minimum Gasteiger partial charge on any atom is -0.393 e. The molecule has 0 amide bonds. The van der Waals surface area contributed by atoms with Gasteiger partial charge in [0, 0.05) is 11.1 Å². The van der Waals surface area contributed by atoms with Crippen LogP contribution in [0.4, 0.5) is 0 Å². The molecule has 0 saturated carbocycles. The Labute approximate surface area is 128 Å². The van der Waals surface area contributed by atoms with Crippen molar-refractivity contribution in [3.8, 4) is 0 Å². The quantitative estimate of drug-likeness (QED) is 0.596. The first kappa shape index (κ1) is 16.3. The van der Waals surface area contributed by atoms with Gasteiger partial charge in [-0.05, 0) is 11.1 Å². The molecule has 0 aromatic heterocycles. The average molecular weight is 302 g/mol. The molecule has 4 N–H and O–H groups in total. The Morgan fingerprint density at radius 2 is 1.05 bits per heavy atom. The fraction of sp³-hybridized carbons (Fsp3) is 0.235. The monoisotopic (exact) mass is 302 g/mol. The molecule has 0 aliphatic heterocycles. The van der Waals surface area contributed by atoms with E-state index in [-0.39, 0.29) is 19.0 Å². The second-order valence-electron chi connectivity index (χ2n) is 4.97. The molecule has 5 nitrogen and oxygen atoms in total. The predicted molar refractivity (Wildman–Crippen MR) is 80.4 cm³/mol. The fourth-order valence-corrected chi connectivity index (χ4v) is 2.09. The Kier molecular flexibility index (Phi) is 5.41. The van der Waals surface area contributed by atoms with Crippen molar-refractivity contribution in [3.05, 3.63) is 70.8 Å². The molecule has 2 aromatic carbocycles. The highest BCUT2D eigenvalue weighted by atomic mass is 16.3. The van der Waals surface area contributed by atoms with Crippen LogP contribution in [0.2, 0.25) is 0 Å². The van der Waals surface area contributed by atoms with Crippen LogP contribution in [-0.4, -0.2) is 39.4 Å². The van der Waals surface area contributed by atoms with Gasteiger partial charge in [-0.25, -0.2) is 0 Å². The van der Waals surface area contributed by atoms with Crippen molar-refractivity contribution in [2.45, 2.75) is 12.2 Å². The Bertz CT molecular complexity index is 563. The predicted octanol–water partition coefficient (Wildman–Crippen LogP) is 0.969. The number of benzene rings is 2. The molecule has 0 aliphatic rings. The summed E-state index contributed by atoms with van der Waals surface area (Å²) in [7, 11) is 0. The number of aliphatic hydroxyl groups excluding tert-OH is 4. The molecule has 2 rings (SSSR count). The zero-order valence-corrected chi connectivity index (χ0v) is 11.9. The topological polar surface area (TPSA) is 98.0 Å². The summed E-state index contributed by atoms with van der Waals surface area (Å²) in [5.74, 6) is -0.185. The van der Waals surface area contributed by atoms with E-state index in [4.69, 9.17) is 10.2 Å². The standard InChI is InChI=1S/C17H18O5/c18-9-15(20)11-1-5-13(6-2-11)17(22)14-7-3-12(4-8-14)16(21)10-19/h1-8,15-16,18-21H,9-10H2. The maximum absolute atomic E-state index is 12.3. The number of hydrogen-bond acceptors (Lipinski definition) is 5. The first-order chi connectivity index (χ1) is 10.6. The van der Waals surface area contributed by atoms with E-state index in [9.17, 15) is 15.0 Å². The van der Waals surface area contributed by atoms with Crippen molar-refractivity contribution in [3.63, 3.8) is 0 Å². The van der Waals surface area contributed by atoms with E-state index in [0.29, 0.717) is 22.3 Å². The number of aliphatic hydroxyl groups is 4. The van der Waals surface area contributed by atoms with Gasteiger partial charge >= 0.3 is 0 Å². The molecule has 2 aromatic rings. The summed E-state index contributed by atoms with van der Waals surface area (Å²) in [6, 6.07) is 12.7. The van der Waals surface area contributed by atoms with Gasteiger partial charge in [-0.3, -0.25) is 4.79 Å². The Morgan fingerprint density at radius 1 is 0.727 bits per heavy atom. The molecule has 2 atom stereocenters. The van der Waals surface area contributed by atoms with Crippen molar-refractivity contribution in [1.82, 2.24) is 0 Å². The van der Waals surface area contributed by atoms with Gasteiger partial charge in [0.15, 0.2) is 5.78 Å². The lowest BCUT2D eigenvalue weighted by Crippen LogP contribution is -2.06. The van der Waals surface area contributed by atoms with Crippen molar-refractivity contribution in [1.29, 1.82) is 0 Å². The van der Waals surface area contributed by atoms with Gasteiger partial charge in [0.2, 0.25) is 0 Å². The number of ketones is 1. The molecule has 22 heavy (non-hydrogen) atoms. The van der Waals surface area contributed by atoms with E-state index < -0.39 is 12.2 Å². The van der Waals surface area contributed by atoms with Crippen LogP contribution in [0.3, 0.4) is 0 Å². The maximum atomic E-state index is 12.3. The molecule has 0 fully saturated rings. The highest BCUT2D eigenvalue weighted by molar-refractivity contribution is 6.09. The minimum absolute atomic E-state index is 0.185. The van der Waals surface area contributed by atoms with Gasteiger partial charge in [0.25, 0.3) is 0 Å². The third-order valence-electron chi connectivity index (χ3n) is 3.46. The Morgan fingerprint density at radius 3 is 1.32 bits per heavy atom. The van der Waals surface area contributed by atoms with Gasteiger partial charge in [-0.15, -0.1) is 0 Å². The van der Waals surface area contributed by atoms with Crippen molar-refractivity contribution < 1.29 is 25.2 Å². The van der Waals surface area contributed by atoms with Gasteiger partial charge in [0.05, 0.1) is 13.2 Å². The average Bonchev–Trinajstić information content (AvgIpc) is 2.60. The van der Waals surface area contributed by atoms with Gasteiger partial charge in [-0.2, -0.15) is 0 Å². The van der Waals surface area contributed by atoms with Gasteiger partial charge < -0.3 is 20.4 Å². The van der Waals surface area contributed by atoms with E-state index >= 15 is 0 Å². The summed E-state index contributed by atoms with van der Waals surface area (Å²) in [6.07, 6.45) is -1.91. The van der Waals surface area contributed by atoms with Crippen LogP contribution >= 0.6 is 0 Å². The molecule has 5 heteroatoms. The molecule has 0 saturated heterocycles.